The molecule has 0 heterocycles. The molecule has 0 saturated heterocycles. The lowest BCUT2D eigenvalue weighted by molar-refractivity contribution is 0.239. The minimum absolute atomic E-state index is 0.244. The molecule has 0 fully saturated rings. The number of rotatable bonds is 6. The van der Waals surface area contributed by atoms with Crippen LogP contribution < -0.4 is 20.1 Å². The summed E-state index contributed by atoms with van der Waals surface area (Å²) in [5, 5.41) is 5.20. The summed E-state index contributed by atoms with van der Waals surface area (Å²) in [7, 11) is 1.61. The molecule has 0 aliphatic rings. The maximum Gasteiger partial charge on any atom is 0.318 e. The third-order valence-corrected chi connectivity index (χ3v) is 2.10. The second-order valence-electron chi connectivity index (χ2n) is 3.42. The van der Waals surface area contributed by atoms with E-state index in [-0.39, 0.29) is 6.03 Å². The lowest BCUT2D eigenvalue weighted by Crippen LogP contribution is -2.34. The first-order chi connectivity index (χ1) is 8.76. The van der Waals surface area contributed by atoms with Crippen molar-refractivity contribution in [3.05, 3.63) is 36.5 Å². The van der Waals surface area contributed by atoms with E-state index in [2.05, 4.69) is 10.6 Å². The maximum absolute atomic E-state index is 11.2. The Balaban J connectivity index is 2.19. The van der Waals surface area contributed by atoms with E-state index < -0.39 is 0 Å². The molecule has 0 atom stereocenters. The maximum atomic E-state index is 11.2. The van der Waals surface area contributed by atoms with Crippen molar-refractivity contribution in [3.8, 4) is 11.5 Å². The molecule has 0 bridgehead atoms. The van der Waals surface area contributed by atoms with Crippen LogP contribution in [0.2, 0.25) is 0 Å². The van der Waals surface area contributed by atoms with Crippen molar-refractivity contribution in [2.45, 2.75) is 6.92 Å². The molecule has 2 N–H and O–H groups in total. The van der Waals surface area contributed by atoms with E-state index in [1.54, 1.807) is 19.4 Å². The Labute approximate surface area is 107 Å². The first-order valence-electron chi connectivity index (χ1n) is 5.68. The highest BCUT2D eigenvalue weighted by molar-refractivity contribution is 5.74. The number of allylic oxidation sites excluding steroid dienone is 1. The van der Waals surface area contributed by atoms with Gasteiger partial charge in [-0.1, -0.05) is 6.08 Å². The van der Waals surface area contributed by atoms with Gasteiger partial charge in [-0.15, -0.1) is 0 Å². The van der Waals surface area contributed by atoms with Crippen LogP contribution in [0.25, 0.3) is 0 Å². The zero-order chi connectivity index (χ0) is 13.2. The summed E-state index contributed by atoms with van der Waals surface area (Å²) in [6.45, 7) is 2.68. The quantitative estimate of drug-likeness (QED) is 0.758. The average Bonchev–Trinajstić information content (AvgIpc) is 2.42. The SMILES string of the molecule is C/C=C/NC(=O)NCCOc1ccc(OC)cc1. The molecule has 0 spiro atoms. The van der Waals surface area contributed by atoms with Crippen molar-refractivity contribution in [2.75, 3.05) is 20.3 Å². The van der Waals surface area contributed by atoms with Crippen LogP contribution in [-0.4, -0.2) is 26.3 Å². The fourth-order valence-corrected chi connectivity index (χ4v) is 1.22. The molecule has 5 nitrogen and oxygen atoms in total. The Hall–Kier alpha value is -2.17. The summed E-state index contributed by atoms with van der Waals surface area (Å²) in [6.07, 6.45) is 3.31. The van der Waals surface area contributed by atoms with Gasteiger partial charge in [-0.05, 0) is 31.2 Å². The molecule has 18 heavy (non-hydrogen) atoms. The standard InChI is InChI=1S/C13H18N2O3/c1-3-8-14-13(16)15-9-10-18-12-6-4-11(17-2)5-7-12/h3-8H,9-10H2,1-2H3,(H2,14,15,16)/b8-3+. The van der Waals surface area contributed by atoms with E-state index in [9.17, 15) is 4.79 Å². The van der Waals surface area contributed by atoms with Crippen molar-refractivity contribution < 1.29 is 14.3 Å². The fraction of sp³-hybridized carbons (Fsp3) is 0.308. The summed E-state index contributed by atoms with van der Waals surface area (Å²) < 4.78 is 10.5. The molecule has 2 amide bonds. The van der Waals surface area contributed by atoms with Gasteiger partial charge in [-0.25, -0.2) is 4.79 Å². The third-order valence-electron chi connectivity index (χ3n) is 2.10. The summed E-state index contributed by atoms with van der Waals surface area (Å²) in [6, 6.07) is 7.03. The predicted molar refractivity (Wildman–Crippen MR) is 69.8 cm³/mol. The van der Waals surface area contributed by atoms with Gasteiger partial charge in [0.05, 0.1) is 13.7 Å². The van der Waals surface area contributed by atoms with Crippen LogP contribution in [-0.2, 0) is 0 Å². The van der Waals surface area contributed by atoms with Crippen molar-refractivity contribution in [1.82, 2.24) is 10.6 Å². The van der Waals surface area contributed by atoms with E-state index in [1.807, 2.05) is 31.2 Å². The second kappa shape index (κ2) is 8.00. The first-order valence-corrected chi connectivity index (χ1v) is 5.68. The highest BCUT2D eigenvalue weighted by atomic mass is 16.5. The smallest absolute Gasteiger partial charge is 0.318 e. The van der Waals surface area contributed by atoms with E-state index in [1.165, 1.54) is 0 Å². The highest BCUT2D eigenvalue weighted by Gasteiger charge is 1.97. The number of hydrogen-bond donors (Lipinski definition) is 2. The molecule has 0 unspecified atom stereocenters. The zero-order valence-corrected chi connectivity index (χ0v) is 10.6. The van der Waals surface area contributed by atoms with E-state index in [0.29, 0.717) is 13.2 Å². The largest absolute Gasteiger partial charge is 0.497 e. The first kappa shape index (κ1) is 13.9. The van der Waals surface area contributed by atoms with Crippen LogP contribution in [0.1, 0.15) is 6.92 Å². The molecule has 0 aliphatic carbocycles. The molecule has 0 radical (unpaired) electrons. The number of ether oxygens (including phenoxy) is 2. The fourth-order valence-electron chi connectivity index (χ4n) is 1.22. The van der Waals surface area contributed by atoms with Gasteiger partial charge in [0.1, 0.15) is 18.1 Å². The van der Waals surface area contributed by atoms with Gasteiger partial charge in [-0.2, -0.15) is 0 Å². The summed E-state index contributed by atoms with van der Waals surface area (Å²) >= 11 is 0. The summed E-state index contributed by atoms with van der Waals surface area (Å²) in [4.78, 5) is 11.2. The Morgan fingerprint density at radius 1 is 1.28 bits per heavy atom. The Morgan fingerprint density at radius 3 is 2.56 bits per heavy atom. The zero-order valence-electron chi connectivity index (χ0n) is 10.6. The minimum Gasteiger partial charge on any atom is -0.497 e. The Bertz CT molecular complexity index is 388. The van der Waals surface area contributed by atoms with Gasteiger partial charge in [0.2, 0.25) is 0 Å². The average molecular weight is 250 g/mol. The molecule has 1 rings (SSSR count). The van der Waals surface area contributed by atoms with Gasteiger partial charge < -0.3 is 20.1 Å². The van der Waals surface area contributed by atoms with Gasteiger partial charge in [0, 0.05) is 6.20 Å². The van der Waals surface area contributed by atoms with E-state index >= 15 is 0 Å². The third kappa shape index (κ3) is 5.25. The molecule has 0 aliphatic heterocycles. The monoisotopic (exact) mass is 250 g/mol. The second-order valence-corrected chi connectivity index (χ2v) is 3.42. The van der Waals surface area contributed by atoms with Crippen LogP contribution >= 0.6 is 0 Å². The van der Waals surface area contributed by atoms with E-state index in [4.69, 9.17) is 9.47 Å². The molecular formula is C13H18N2O3. The summed E-state index contributed by atoms with van der Waals surface area (Å²) in [5.74, 6) is 1.53. The van der Waals surface area contributed by atoms with Crippen LogP contribution in [0.3, 0.4) is 0 Å². The van der Waals surface area contributed by atoms with Crippen molar-refractivity contribution in [1.29, 1.82) is 0 Å². The van der Waals surface area contributed by atoms with Crippen LogP contribution in [0.4, 0.5) is 4.79 Å². The lowest BCUT2D eigenvalue weighted by atomic mass is 10.3. The molecule has 1 aromatic carbocycles. The molecular weight excluding hydrogens is 232 g/mol. The van der Waals surface area contributed by atoms with Crippen molar-refractivity contribution in [2.24, 2.45) is 0 Å². The molecule has 1 aromatic rings. The topological polar surface area (TPSA) is 59.6 Å². The highest BCUT2D eigenvalue weighted by Crippen LogP contribution is 2.16. The van der Waals surface area contributed by atoms with Crippen molar-refractivity contribution in [3.63, 3.8) is 0 Å². The number of benzene rings is 1. The van der Waals surface area contributed by atoms with Crippen LogP contribution in [0.5, 0.6) is 11.5 Å². The van der Waals surface area contributed by atoms with Gasteiger partial charge in [-0.3, -0.25) is 0 Å². The van der Waals surface area contributed by atoms with E-state index in [0.717, 1.165) is 11.5 Å². The number of urea groups is 1. The van der Waals surface area contributed by atoms with Gasteiger partial charge in [0.25, 0.3) is 0 Å². The minimum atomic E-state index is -0.244. The van der Waals surface area contributed by atoms with Crippen molar-refractivity contribution >= 4 is 6.03 Å². The summed E-state index contributed by atoms with van der Waals surface area (Å²) in [5.41, 5.74) is 0. The van der Waals surface area contributed by atoms with Crippen LogP contribution in [0.15, 0.2) is 36.5 Å². The lowest BCUT2D eigenvalue weighted by Gasteiger charge is -2.08. The molecule has 0 aromatic heterocycles. The Morgan fingerprint density at radius 2 is 1.94 bits per heavy atom. The normalized spacial score (nSPS) is 10.1. The Kier molecular flexibility index (Phi) is 6.17. The number of hydrogen-bond acceptors (Lipinski definition) is 3. The van der Waals surface area contributed by atoms with Crippen LogP contribution in [0, 0.1) is 0 Å². The van der Waals surface area contributed by atoms with Gasteiger partial charge >= 0.3 is 6.03 Å². The molecule has 98 valence electrons. The number of methoxy groups -OCH3 is 1. The molecule has 0 saturated carbocycles. The molecule has 5 heteroatoms. The number of carbonyl (C=O) groups is 1. The number of carbonyl (C=O) groups excluding carboxylic acids is 1. The number of nitrogens with one attached hydrogen (secondary N) is 2. The van der Waals surface area contributed by atoms with Gasteiger partial charge in [0.15, 0.2) is 0 Å². The number of amides is 2. The predicted octanol–water partition coefficient (Wildman–Crippen LogP) is 1.91.